The Morgan fingerprint density at radius 2 is 1.88 bits per heavy atom. The molecule has 0 atom stereocenters. The van der Waals surface area contributed by atoms with Crippen LogP contribution in [-0.4, -0.2) is 63.8 Å². The fourth-order valence-corrected chi connectivity index (χ4v) is 4.11. The highest BCUT2D eigenvalue weighted by Gasteiger charge is 2.15. The lowest BCUT2D eigenvalue weighted by atomic mass is 10.1. The summed E-state index contributed by atoms with van der Waals surface area (Å²) in [5.41, 5.74) is 2.39. The van der Waals surface area contributed by atoms with Gasteiger partial charge in [-0.05, 0) is 37.2 Å². The molecule has 1 saturated heterocycles. The van der Waals surface area contributed by atoms with E-state index in [0.29, 0.717) is 11.3 Å². The highest BCUT2D eigenvalue weighted by atomic mass is 16.5. The van der Waals surface area contributed by atoms with Crippen LogP contribution in [0.15, 0.2) is 54.7 Å². The molecule has 168 valence electrons. The lowest BCUT2D eigenvalue weighted by Gasteiger charge is -2.26. The molecule has 2 aromatic heterocycles. The lowest BCUT2D eigenvalue weighted by Crippen LogP contribution is -2.37. The number of carboxylic acids is 1. The van der Waals surface area contributed by atoms with Crippen molar-refractivity contribution in [2.75, 3.05) is 38.2 Å². The second kappa shape index (κ2) is 9.48. The summed E-state index contributed by atoms with van der Waals surface area (Å²) in [6.45, 7) is 4.52. The average molecular weight is 444 g/mol. The van der Waals surface area contributed by atoms with Crippen LogP contribution in [0.25, 0.3) is 21.8 Å². The first-order chi connectivity index (χ1) is 16.2. The van der Waals surface area contributed by atoms with Gasteiger partial charge < -0.3 is 15.2 Å². The molecule has 0 spiro atoms. The molecule has 8 heteroatoms. The van der Waals surface area contributed by atoms with Crippen molar-refractivity contribution in [3.05, 3.63) is 66.1 Å². The second-order valence-corrected chi connectivity index (χ2v) is 8.09. The van der Waals surface area contributed by atoms with Crippen LogP contribution >= 0.6 is 0 Å². The van der Waals surface area contributed by atoms with E-state index in [2.05, 4.69) is 15.2 Å². The Morgan fingerprint density at radius 3 is 2.67 bits per heavy atom. The topological polar surface area (TPSA) is 100 Å². The van der Waals surface area contributed by atoms with Crippen LogP contribution in [0.4, 0.5) is 11.5 Å². The summed E-state index contributed by atoms with van der Waals surface area (Å²) in [4.78, 5) is 28.1. The van der Waals surface area contributed by atoms with E-state index in [1.54, 1.807) is 18.2 Å². The number of nitrogens with one attached hydrogen (secondary N) is 1. The lowest BCUT2D eigenvalue weighted by molar-refractivity contribution is 0.0374. The van der Waals surface area contributed by atoms with Crippen molar-refractivity contribution in [1.82, 2.24) is 19.9 Å². The third-order valence-corrected chi connectivity index (χ3v) is 5.85. The van der Waals surface area contributed by atoms with E-state index in [0.717, 1.165) is 73.5 Å². The first-order valence-corrected chi connectivity index (χ1v) is 11.1. The Bertz CT molecular complexity index is 1290. The van der Waals surface area contributed by atoms with Gasteiger partial charge in [0.2, 0.25) is 0 Å². The number of carboxylic acid groups (broad SMARTS) is 1. The molecule has 0 radical (unpaired) electrons. The van der Waals surface area contributed by atoms with Gasteiger partial charge in [-0.25, -0.2) is 19.7 Å². The maximum absolute atomic E-state index is 11.5. The molecule has 0 unspecified atom stereocenters. The van der Waals surface area contributed by atoms with Gasteiger partial charge >= 0.3 is 5.97 Å². The van der Waals surface area contributed by atoms with Crippen LogP contribution in [0.3, 0.4) is 0 Å². The molecule has 1 fully saturated rings. The summed E-state index contributed by atoms with van der Waals surface area (Å²) < 4.78 is 5.42. The molecule has 8 nitrogen and oxygen atoms in total. The molecule has 0 bridgehead atoms. The maximum atomic E-state index is 11.5. The highest BCUT2D eigenvalue weighted by Crippen LogP contribution is 2.30. The molecular weight excluding hydrogens is 418 g/mol. The highest BCUT2D eigenvalue weighted by molar-refractivity contribution is 6.09. The quantitative estimate of drug-likeness (QED) is 0.415. The molecule has 5 rings (SSSR count). The molecule has 1 aliphatic heterocycles. The maximum Gasteiger partial charge on any atom is 0.335 e. The van der Waals surface area contributed by atoms with Gasteiger partial charge in [0.1, 0.15) is 11.3 Å². The van der Waals surface area contributed by atoms with Crippen molar-refractivity contribution in [2.45, 2.75) is 12.8 Å². The van der Waals surface area contributed by atoms with Crippen LogP contribution < -0.4 is 5.32 Å². The van der Waals surface area contributed by atoms with Crippen LogP contribution in [0.2, 0.25) is 0 Å². The summed E-state index contributed by atoms with van der Waals surface area (Å²) in [6, 6.07) is 14.7. The Morgan fingerprint density at radius 1 is 1.06 bits per heavy atom. The molecular formula is C25H25N5O3. The minimum Gasteiger partial charge on any atom is -0.478 e. The molecule has 2 aromatic carbocycles. The first-order valence-electron chi connectivity index (χ1n) is 11.1. The number of fused-ring (bicyclic) bond motifs is 3. The number of ether oxygens (including phenoxy) is 1. The Balaban J connectivity index is 1.50. The smallest absolute Gasteiger partial charge is 0.335 e. The van der Waals surface area contributed by atoms with Crippen LogP contribution in [0.1, 0.15) is 22.6 Å². The zero-order valence-electron chi connectivity index (χ0n) is 18.2. The predicted molar refractivity (Wildman–Crippen MR) is 127 cm³/mol. The summed E-state index contributed by atoms with van der Waals surface area (Å²) >= 11 is 0. The molecule has 0 amide bonds. The van der Waals surface area contributed by atoms with E-state index in [1.807, 2.05) is 36.5 Å². The number of aryl methyl sites for hydroxylation is 1. The number of aromatic nitrogens is 3. The number of hydrogen-bond donors (Lipinski definition) is 2. The van der Waals surface area contributed by atoms with Crippen LogP contribution in [0, 0.1) is 0 Å². The fraction of sp³-hybridized carbons (Fsp3) is 0.280. The first kappa shape index (κ1) is 21.2. The molecule has 33 heavy (non-hydrogen) atoms. The minimum absolute atomic E-state index is 0.195. The summed E-state index contributed by atoms with van der Waals surface area (Å²) in [7, 11) is 0. The number of rotatable bonds is 7. The van der Waals surface area contributed by atoms with Gasteiger partial charge in [-0.3, -0.25) is 4.90 Å². The number of morpholine rings is 1. The second-order valence-electron chi connectivity index (χ2n) is 8.09. The van der Waals surface area contributed by atoms with Gasteiger partial charge in [-0.2, -0.15) is 0 Å². The fourth-order valence-electron chi connectivity index (χ4n) is 4.11. The zero-order chi connectivity index (χ0) is 22.6. The molecule has 0 saturated carbocycles. The average Bonchev–Trinajstić information content (AvgIpc) is 2.85. The Labute approximate surface area is 191 Å². The molecule has 2 N–H and O–H groups in total. The Hall–Kier alpha value is -3.62. The number of nitrogens with zero attached hydrogens (tertiary/aromatic N) is 4. The number of hydrogen-bond acceptors (Lipinski definition) is 7. The van der Waals surface area contributed by atoms with Crippen molar-refractivity contribution in [2.24, 2.45) is 0 Å². The van der Waals surface area contributed by atoms with E-state index in [9.17, 15) is 9.90 Å². The van der Waals surface area contributed by atoms with E-state index < -0.39 is 5.97 Å². The number of benzene rings is 2. The van der Waals surface area contributed by atoms with Gasteiger partial charge in [0, 0.05) is 42.2 Å². The Kier molecular flexibility index (Phi) is 6.10. The van der Waals surface area contributed by atoms with Gasteiger partial charge in [0.15, 0.2) is 5.82 Å². The molecule has 0 aliphatic carbocycles. The predicted octanol–water partition coefficient (Wildman–Crippen LogP) is 3.88. The van der Waals surface area contributed by atoms with Gasteiger partial charge in [0.25, 0.3) is 0 Å². The third-order valence-electron chi connectivity index (χ3n) is 5.85. The van der Waals surface area contributed by atoms with E-state index >= 15 is 0 Å². The van der Waals surface area contributed by atoms with Crippen molar-refractivity contribution in [3.8, 4) is 0 Å². The largest absolute Gasteiger partial charge is 0.478 e. The SMILES string of the molecule is O=C(O)c1ccc2c(c1)nc(Nc1ccccc1)c1nc(CCCN3CCOCC3)ncc12. The number of anilines is 2. The number of aromatic carboxylic acids is 1. The minimum atomic E-state index is -0.983. The van der Waals surface area contributed by atoms with Gasteiger partial charge in [-0.1, -0.05) is 24.3 Å². The number of carbonyl (C=O) groups is 1. The summed E-state index contributed by atoms with van der Waals surface area (Å²) in [5, 5.41) is 14.4. The number of para-hydroxylation sites is 1. The molecule has 1 aliphatic rings. The van der Waals surface area contributed by atoms with Crippen molar-refractivity contribution in [3.63, 3.8) is 0 Å². The summed E-state index contributed by atoms with van der Waals surface area (Å²) in [5.74, 6) is 0.376. The normalized spacial score (nSPS) is 14.5. The summed E-state index contributed by atoms with van der Waals surface area (Å²) in [6.07, 6.45) is 3.57. The van der Waals surface area contributed by atoms with Crippen LogP contribution in [-0.2, 0) is 11.2 Å². The van der Waals surface area contributed by atoms with Crippen molar-refractivity contribution < 1.29 is 14.6 Å². The molecule has 3 heterocycles. The van der Waals surface area contributed by atoms with Gasteiger partial charge in [0.05, 0.1) is 24.3 Å². The standard InChI is InChI=1S/C25H25N5O3/c31-25(32)17-8-9-19-20-16-26-22(7-4-10-30-11-13-33-14-12-30)29-23(20)24(28-21(19)15-17)27-18-5-2-1-3-6-18/h1-3,5-6,8-9,15-16H,4,7,10-14H2,(H,27,28)(H,31,32). The van der Waals surface area contributed by atoms with E-state index in [1.165, 1.54) is 0 Å². The molecule has 4 aromatic rings. The monoisotopic (exact) mass is 443 g/mol. The zero-order valence-corrected chi connectivity index (χ0v) is 18.2. The van der Waals surface area contributed by atoms with E-state index in [-0.39, 0.29) is 5.56 Å². The van der Waals surface area contributed by atoms with E-state index in [4.69, 9.17) is 14.7 Å². The van der Waals surface area contributed by atoms with Crippen molar-refractivity contribution in [1.29, 1.82) is 0 Å². The van der Waals surface area contributed by atoms with Crippen LogP contribution in [0.5, 0.6) is 0 Å². The number of pyridine rings is 1. The van der Waals surface area contributed by atoms with Gasteiger partial charge in [-0.15, -0.1) is 0 Å². The van der Waals surface area contributed by atoms with Crippen molar-refractivity contribution >= 4 is 39.3 Å². The third kappa shape index (κ3) is 4.76.